The Labute approximate surface area is 326 Å². The van der Waals surface area contributed by atoms with Gasteiger partial charge in [-0.3, -0.25) is 19.4 Å². The molecule has 14 nitrogen and oxygen atoms in total. The van der Waals surface area contributed by atoms with E-state index in [1.54, 1.807) is 20.8 Å². The first-order chi connectivity index (χ1) is 26.6. The van der Waals surface area contributed by atoms with E-state index in [4.69, 9.17) is 23.7 Å². The summed E-state index contributed by atoms with van der Waals surface area (Å²) in [7, 11) is 3.49. The van der Waals surface area contributed by atoms with E-state index in [-0.39, 0.29) is 31.5 Å². The number of nitrogens with zero attached hydrogens (tertiary/aromatic N) is 3. The van der Waals surface area contributed by atoms with Crippen LogP contribution >= 0.6 is 0 Å². The molecule has 7 rings (SSSR count). The van der Waals surface area contributed by atoms with Gasteiger partial charge in [0, 0.05) is 54.2 Å². The van der Waals surface area contributed by atoms with Crippen LogP contribution < -0.4 is 29.6 Å². The number of nitrogens with one attached hydrogen (secondary N) is 2. The van der Waals surface area contributed by atoms with E-state index in [1.165, 1.54) is 14.0 Å². The molecule has 3 aromatic rings. The van der Waals surface area contributed by atoms with Gasteiger partial charge >= 0.3 is 12.1 Å². The largest absolute Gasteiger partial charge is 0.504 e. The van der Waals surface area contributed by atoms with E-state index in [0.29, 0.717) is 58.1 Å². The third-order valence-electron chi connectivity index (χ3n) is 11.3. The van der Waals surface area contributed by atoms with Crippen LogP contribution in [0.15, 0.2) is 36.4 Å². The average Bonchev–Trinajstić information content (AvgIpc) is 3.62. The number of rotatable bonds is 8. The summed E-state index contributed by atoms with van der Waals surface area (Å²) in [5.74, 6) is 0.663. The van der Waals surface area contributed by atoms with Crippen LogP contribution in [0, 0.1) is 25.2 Å². The molecule has 1 saturated heterocycles. The number of methoxy groups -OCH3 is 1. The molecule has 3 aromatic carbocycles. The number of fused-ring (bicyclic) bond motifs is 9. The number of amides is 2. The van der Waals surface area contributed by atoms with Crippen LogP contribution in [0.25, 0.3) is 0 Å². The fourth-order valence-corrected chi connectivity index (χ4v) is 9.14. The number of ether oxygens (including phenoxy) is 5. The van der Waals surface area contributed by atoms with E-state index in [9.17, 15) is 24.8 Å². The molecule has 3 N–H and O–H groups in total. The number of hydrogen-bond acceptors (Lipinski definition) is 12. The first-order valence-electron chi connectivity index (χ1n) is 18.9. The normalized spacial score (nSPS) is 22.7. The lowest BCUT2D eigenvalue weighted by molar-refractivity contribution is -0.132. The SMILES string of the molecule is COc1c(C)cc2c(c1O)[C@@H]1C3Cc4c(OC(C)=O)c(C)c5c(c4[C@H](CNC(=O)[C@@H](Cc4ccccc4)NC(=O)OC(C)(C)C)N3[C@@H](C#N)[C@H](C2)N1C)OCO5. The molecule has 2 bridgehead atoms. The second kappa shape index (κ2) is 14.9. The number of aromatic hydroxyl groups is 1. The van der Waals surface area contributed by atoms with Crippen LogP contribution in [0.1, 0.15) is 78.7 Å². The Morgan fingerprint density at radius 1 is 1.05 bits per heavy atom. The van der Waals surface area contributed by atoms with Crippen molar-refractivity contribution in [2.24, 2.45) is 0 Å². The fourth-order valence-electron chi connectivity index (χ4n) is 9.14. The third kappa shape index (κ3) is 6.83. The molecule has 296 valence electrons. The van der Waals surface area contributed by atoms with Crippen LogP contribution in [0.2, 0.25) is 0 Å². The predicted molar refractivity (Wildman–Crippen MR) is 204 cm³/mol. The molecule has 6 atom stereocenters. The topological polar surface area (TPSA) is 172 Å². The Morgan fingerprint density at radius 3 is 2.43 bits per heavy atom. The van der Waals surface area contributed by atoms with E-state index >= 15 is 0 Å². The number of alkyl carbamates (subject to hydrolysis) is 1. The number of nitriles is 1. The predicted octanol–water partition coefficient (Wildman–Crippen LogP) is 4.70. The molecular weight excluding hydrogens is 718 g/mol. The molecule has 56 heavy (non-hydrogen) atoms. The first-order valence-corrected chi connectivity index (χ1v) is 18.9. The lowest BCUT2D eigenvalue weighted by atomic mass is 9.71. The smallest absolute Gasteiger partial charge is 0.408 e. The van der Waals surface area contributed by atoms with Gasteiger partial charge in [0.05, 0.1) is 25.3 Å². The van der Waals surface area contributed by atoms with Gasteiger partial charge in [-0.25, -0.2) is 4.79 Å². The molecule has 4 heterocycles. The summed E-state index contributed by atoms with van der Waals surface area (Å²) >= 11 is 0. The van der Waals surface area contributed by atoms with Crippen molar-refractivity contribution < 1.29 is 43.2 Å². The Hall–Kier alpha value is -5.52. The van der Waals surface area contributed by atoms with Gasteiger partial charge in [-0.05, 0) is 71.2 Å². The molecule has 0 aromatic heterocycles. The van der Waals surface area contributed by atoms with Gasteiger partial charge in [-0.1, -0.05) is 36.4 Å². The Kier molecular flexibility index (Phi) is 10.3. The quantitative estimate of drug-likeness (QED) is 0.214. The second-order valence-electron chi connectivity index (χ2n) is 16.0. The molecule has 0 saturated carbocycles. The number of phenolic OH excluding ortho intramolecular Hbond substituents is 1. The summed E-state index contributed by atoms with van der Waals surface area (Å²) in [6, 6.07) is 10.4. The zero-order chi connectivity index (χ0) is 40.2. The minimum absolute atomic E-state index is 0.0145. The lowest BCUT2D eigenvalue weighted by Crippen LogP contribution is -2.69. The lowest BCUT2D eigenvalue weighted by Gasteiger charge is -2.60. The number of aryl methyl sites for hydroxylation is 1. The van der Waals surface area contributed by atoms with Crippen molar-refractivity contribution in [3.63, 3.8) is 0 Å². The van der Waals surface area contributed by atoms with Crippen molar-refractivity contribution >= 4 is 18.0 Å². The molecule has 0 radical (unpaired) electrons. The van der Waals surface area contributed by atoms with E-state index < -0.39 is 53.8 Å². The standard InChI is InChI=1S/C42H49N5O9/c1-21-14-25-16-28-30(18-43)47-29(34(46(28)7)32(25)35(49)36(21)52-8)17-26-33(39-38(53-20-54-39)22(2)37(26)55-23(3)48)31(47)19-44-40(50)27(15-24-12-10-9-11-13-24)45-41(51)56-42(4,5)6/h9-14,27-31,34,49H,15-17,19-20H2,1-8H3,(H,44,50)(H,45,51)/t27-,28+,29?,30+,31+,34+/m1/s1. The highest BCUT2D eigenvalue weighted by atomic mass is 16.7. The van der Waals surface area contributed by atoms with E-state index in [0.717, 1.165) is 16.7 Å². The summed E-state index contributed by atoms with van der Waals surface area (Å²) in [4.78, 5) is 44.3. The number of esters is 1. The third-order valence-corrected chi connectivity index (χ3v) is 11.3. The summed E-state index contributed by atoms with van der Waals surface area (Å²) in [6.45, 7) is 10.2. The minimum atomic E-state index is -1.01. The van der Waals surface area contributed by atoms with Crippen molar-refractivity contribution in [2.75, 3.05) is 27.5 Å². The number of likely N-dealkylation sites (N-methyl/N-ethyl adjacent to an activating group) is 1. The average molecular weight is 768 g/mol. The van der Waals surface area contributed by atoms with Crippen molar-refractivity contribution in [3.05, 3.63) is 75.3 Å². The Bertz CT molecular complexity index is 2110. The molecule has 4 aliphatic rings. The van der Waals surface area contributed by atoms with Crippen LogP contribution in [-0.4, -0.2) is 90.1 Å². The van der Waals surface area contributed by atoms with Crippen molar-refractivity contribution in [1.29, 1.82) is 5.26 Å². The molecule has 0 aliphatic carbocycles. The molecule has 14 heteroatoms. The first kappa shape index (κ1) is 38.7. The summed E-state index contributed by atoms with van der Waals surface area (Å²) < 4.78 is 29.3. The van der Waals surface area contributed by atoms with Crippen LogP contribution in [0.5, 0.6) is 28.7 Å². The van der Waals surface area contributed by atoms with Gasteiger partial charge < -0.3 is 39.4 Å². The highest BCUT2D eigenvalue weighted by Gasteiger charge is 2.57. The number of piperazine rings is 1. The van der Waals surface area contributed by atoms with Crippen molar-refractivity contribution in [2.45, 2.75) is 103 Å². The molecular formula is C42H49N5O9. The highest BCUT2D eigenvalue weighted by molar-refractivity contribution is 5.86. The molecule has 2 amide bonds. The molecule has 0 spiro atoms. The molecule has 1 unspecified atom stereocenters. The zero-order valence-electron chi connectivity index (χ0n) is 33.0. The van der Waals surface area contributed by atoms with Gasteiger partial charge in [-0.15, -0.1) is 0 Å². The maximum atomic E-state index is 14.3. The Morgan fingerprint density at radius 2 is 1.77 bits per heavy atom. The second-order valence-corrected chi connectivity index (χ2v) is 16.0. The highest BCUT2D eigenvalue weighted by Crippen LogP contribution is 2.58. The number of phenols is 1. The van der Waals surface area contributed by atoms with Crippen LogP contribution in [0.4, 0.5) is 4.79 Å². The zero-order valence-corrected chi connectivity index (χ0v) is 33.0. The summed E-state index contributed by atoms with van der Waals surface area (Å²) in [6.07, 6.45) is 0.250. The maximum absolute atomic E-state index is 14.3. The van der Waals surface area contributed by atoms with E-state index in [2.05, 4.69) is 26.5 Å². The fraction of sp³-hybridized carbons (Fsp3) is 0.476. The van der Waals surface area contributed by atoms with Crippen molar-refractivity contribution in [1.82, 2.24) is 20.4 Å². The number of hydrogen-bond donors (Lipinski definition) is 3. The van der Waals surface area contributed by atoms with Crippen LogP contribution in [0.3, 0.4) is 0 Å². The van der Waals surface area contributed by atoms with Crippen LogP contribution in [-0.2, 0) is 33.6 Å². The maximum Gasteiger partial charge on any atom is 0.408 e. The van der Waals surface area contributed by atoms with Crippen molar-refractivity contribution in [3.8, 4) is 34.8 Å². The van der Waals surface area contributed by atoms with Gasteiger partial charge in [0.2, 0.25) is 12.7 Å². The summed E-state index contributed by atoms with van der Waals surface area (Å²) in [5.41, 5.74) is 4.39. The molecule has 1 fully saturated rings. The Balaban J connectivity index is 1.35. The number of carbonyl (C=O) groups is 3. The summed E-state index contributed by atoms with van der Waals surface area (Å²) in [5, 5.41) is 28.7. The van der Waals surface area contributed by atoms with Gasteiger partial charge in [0.15, 0.2) is 23.0 Å². The van der Waals surface area contributed by atoms with Gasteiger partial charge in [0.1, 0.15) is 23.4 Å². The molecule has 4 aliphatic heterocycles. The van der Waals surface area contributed by atoms with Gasteiger partial charge in [0.25, 0.3) is 0 Å². The number of carbonyl (C=O) groups excluding carboxylic acids is 3. The minimum Gasteiger partial charge on any atom is -0.504 e. The van der Waals surface area contributed by atoms with Gasteiger partial charge in [-0.2, -0.15) is 5.26 Å². The van der Waals surface area contributed by atoms with E-state index in [1.807, 2.05) is 57.3 Å². The monoisotopic (exact) mass is 767 g/mol. The number of benzene rings is 3.